The molecule has 1 aromatic carbocycles. The first-order valence-corrected chi connectivity index (χ1v) is 6.15. The Morgan fingerprint density at radius 2 is 1.87 bits per heavy atom. The molecule has 2 N–H and O–H groups in total. The monoisotopic (exact) mass is 218 g/mol. The lowest BCUT2D eigenvalue weighted by Gasteiger charge is -1.94. The van der Waals surface area contributed by atoms with Crippen LogP contribution in [-0.2, 0) is 5.75 Å². The van der Waals surface area contributed by atoms with E-state index in [1.165, 1.54) is 5.56 Å². The van der Waals surface area contributed by atoms with Crippen LogP contribution in [0.1, 0.15) is 15.2 Å². The molecular weight excluding hydrogens is 206 g/mol. The second-order valence-electron chi connectivity index (χ2n) is 3.28. The molecule has 1 amide bonds. The molecule has 0 saturated heterocycles. The number of rotatable bonds is 3. The Bertz CT molecular complexity index is 461. The molecule has 0 aliphatic heterocycles. The van der Waals surface area contributed by atoms with E-state index in [0.29, 0.717) is 0 Å². The molecule has 0 bridgehead atoms. The molecule has 3 heteroatoms. The highest BCUT2D eigenvalue weighted by Gasteiger charge is 2.17. The van der Waals surface area contributed by atoms with Crippen molar-refractivity contribution in [3.05, 3.63) is 58.3 Å². The van der Waals surface area contributed by atoms with Crippen LogP contribution in [0.5, 0.6) is 0 Å². The molecular formula is C12H12NOS+. The average Bonchev–Trinajstić information content (AvgIpc) is 2.67. The van der Waals surface area contributed by atoms with E-state index in [0.717, 1.165) is 10.6 Å². The number of carbonyl (C=O) groups is 1. The molecule has 0 spiro atoms. The van der Waals surface area contributed by atoms with Gasteiger partial charge in [-0.15, -0.1) is 0 Å². The van der Waals surface area contributed by atoms with Crippen molar-refractivity contribution < 1.29 is 4.79 Å². The summed E-state index contributed by atoms with van der Waals surface area (Å²) in [6, 6.07) is 13.9. The SMILES string of the molecule is NC(=O)c1ccc[s+]1Cc1ccccc1. The molecule has 0 aliphatic rings. The lowest BCUT2D eigenvalue weighted by molar-refractivity contribution is 0.100. The van der Waals surface area contributed by atoms with E-state index >= 15 is 0 Å². The number of hydrogen-bond acceptors (Lipinski definition) is 1. The van der Waals surface area contributed by atoms with Gasteiger partial charge in [-0.3, -0.25) is 4.79 Å². The van der Waals surface area contributed by atoms with Gasteiger partial charge in [0.15, 0.2) is 5.75 Å². The van der Waals surface area contributed by atoms with E-state index in [1.54, 1.807) is 0 Å². The van der Waals surface area contributed by atoms with Crippen molar-refractivity contribution in [3.63, 3.8) is 0 Å². The Morgan fingerprint density at radius 1 is 1.13 bits per heavy atom. The topological polar surface area (TPSA) is 43.1 Å². The van der Waals surface area contributed by atoms with Crippen molar-refractivity contribution >= 4 is 16.4 Å². The number of amides is 1. The fraction of sp³-hybridized carbons (Fsp3) is 0.0833. The van der Waals surface area contributed by atoms with Crippen molar-refractivity contribution in [2.45, 2.75) is 5.75 Å². The van der Waals surface area contributed by atoms with E-state index < -0.39 is 0 Å². The smallest absolute Gasteiger partial charge is 0.301 e. The van der Waals surface area contributed by atoms with E-state index in [1.807, 2.05) is 35.7 Å². The van der Waals surface area contributed by atoms with Gasteiger partial charge >= 0.3 is 5.91 Å². The van der Waals surface area contributed by atoms with Gasteiger partial charge in [-0.05, 0) is 16.5 Å². The molecule has 0 fully saturated rings. The number of thiophene rings is 1. The third-order valence-electron chi connectivity index (χ3n) is 2.18. The van der Waals surface area contributed by atoms with E-state index in [4.69, 9.17) is 5.73 Å². The summed E-state index contributed by atoms with van der Waals surface area (Å²) in [7, 11) is -0.140. The van der Waals surface area contributed by atoms with Crippen molar-refractivity contribution in [1.82, 2.24) is 0 Å². The van der Waals surface area contributed by atoms with Crippen LogP contribution in [0.4, 0.5) is 0 Å². The normalized spacial score (nSPS) is 11.3. The van der Waals surface area contributed by atoms with Crippen LogP contribution in [0.15, 0.2) is 47.8 Å². The quantitative estimate of drug-likeness (QED) is 0.790. The van der Waals surface area contributed by atoms with E-state index in [2.05, 4.69) is 12.1 Å². The van der Waals surface area contributed by atoms with Gasteiger partial charge in [0, 0.05) is 11.6 Å². The molecule has 15 heavy (non-hydrogen) atoms. The fourth-order valence-corrected chi connectivity index (χ4v) is 3.20. The van der Waals surface area contributed by atoms with E-state index in [9.17, 15) is 4.79 Å². The molecule has 0 aliphatic carbocycles. The maximum absolute atomic E-state index is 11.1. The summed E-state index contributed by atoms with van der Waals surface area (Å²) in [4.78, 5) is 11.9. The Morgan fingerprint density at radius 3 is 2.53 bits per heavy atom. The van der Waals surface area contributed by atoms with Gasteiger partial charge < -0.3 is 5.73 Å². The molecule has 1 aromatic heterocycles. The fourth-order valence-electron chi connectivity index (χ4n) is 1.47. The highest BCUT2D eigenvalue weighted by Crippen LogP contribution is 2.28. The molecule has 1 unspecified atom stereocenters. The predicted octanol–water partition coefficient (Wildman–Crippen LogP) is 2.58. The Hall–Kier alpha value is -1.61. The van der Waals surface area contributed by atoms with Gasteiger partial charge in [0.2, 0.25) is 4.88 Å². The van der Waals surface area contributed by atoms with Crippen LogP contribution < -0.4 is 5.73 Å². The largest absolute Gasteiger partial charge is 0.361 e. The first-order chi connectivity index (χ1) is 7.27. The minimum absolute atomic E-state index is 0.140. The molecule has 76 valence electrons. The van der Waals surface area contributed by atoms with Gasteiger partial charge in [-0.1, -0.05) is 30.3 Å². The molecule has 0 saturated carbocycles. The lowest BCUT2D eigenvalue weighted by atomic mass is 10.2. The maximum Gasteiger partial charge on any atom is 0.301 e. The van der Waals surface area contributed by atoms with Crippen molar-refractivity contribution in [1.29, 1.82) is 0 Å². The van der Waals surface area contributed by atoms with Crippen LogP contribution >= 0.6 is 10.5 Å². The summed E-state index contributed by atoms with van der Waals surface area (Å²) in [5, 5.41) is 2.05. The molecule has 0 radical (unpaired) electrons. The standard InChI is InChI=1S/C12H11NOS/c13-12(14)11-7-4-8-15(11)9-10-5-2-1-3-6-10/h1-8H,9H2,(H-,13,14)/p+1. The number of benzene rings is 1. The highest BCUT2D eigenvalue weighted by molar-refractivity contribution is 7.31. The van der Waals surface area contributed by atoms with Crippen LogP contribution in [0.2, 0.25) is 0 Å². The van der Waals surface area contributed by atoms with E-state index in [-0.39, 0.29) is 16.4 Å². The molecule has 2 nitrogen and oxygen atoms in total. The Kier molecular flexibility index (Phi) is 2.83. The molecule has 2 rings (SSSR count). The summed E-state index contributed by atoms with van der Waals surface area (Å²) in [6.45, 7) is 0. The third kappa shape index (κ3) is 2.25. The zero-order valence-electron chi connectivity index (χ0n) is 8.22. The minimum atomic E-state index is -0.306. The number of carbonyl (C=O) groups excluding carboxylic acids is 1. The Labute approximate surface area is 91.3 Å². The summed E-state index contributed by atoms with van der Waals surface area (Å²) in [5.74, 6) is 0.561. The van der Waals surface area contributed by atoms with Gasteiger partial charge in [0.1, 0.15) is 5.38 Å². The number of primary amides is 1. The third-order valence-corrected chi connectivity index (χ3v) is 4.21. The van der Waals surface area contributed by atoms with Crippen molar-refractivity contribution in [3.8, 4) is 0 Å². The second-order valence-corrected chi connectivity index (χ2v) is 5.14. The van der Waals surface area contributed by atoms with Crippen LogP contribution in [0.3, 0.4) is 0 Å². The summed E-state index contributed by atoms with van der Waals surface area (Å²) in [6.07, 6.45) is 0. The number of hydrogen-bond donors (Lipinski definition) is 1. The summed E-state index contributed by atoms with van der Waals surface area (Å²) >= 11 is 0. The minimum Gasteiger partial charge on any atom is -0.361 e. The lowest BCUT2D eigenvalue weighted by Crippen LogP contribution is -2.09. The van der Waals surface area contributed by atoms with Crippen molar-refractivity contribution in [2.75, 3.05) is 0 Å². The molecule has 1 atom stereocenters. The average molecular weight is 218 g/mol. The zero-order chi connectivity index (χ0) is 10.7. The maximum atomic E-state index is 11.1. The molecule has 2 aromatic rings. The molecule has 1 heterocycles. The van der Waals surface area contributed by atoms with Crippen molar-refractivity contribution in [2.24, 2.45) is 5.73 Å². The predicted molar refractivity (Wildman–Crippen MR) is 63.0 cm³/mol. The highest BCUT2D eigenvalue weighted by atomic mass is 32.2. The van der Waals surface area contributed by atoms with Crippen LogP contribution in [-0.4, -0.2) is 5.91 Å². The summed E-state index contributed by atoms with van der Waals surface area (Å²) < 4.78 is 0. The second kappa shape index (κ2) is 4.28. The van der Waals surface area contributed by atoms with Gasteiger partial charge in [-0.25, -0.2) is 0 Å². The van der Waals surface area contributed by atoms with Gasteiger partial charge in [0.05, 0.1) is 0 Å². The van der Waals surface area contributed by atoms with Crippen LogP contribution in [0.25, 0.3) is 0 Å². The first-order valence-electron chi connectivity index (χ1n) is 4.69. The van der Waals surface area contributed by atoms with Gasteiger partial charge in [0.25, 0.3) is 0 Å². The Balaban J connectivity index is 2.25. The number of nitrogens with two attached hydrogens (primary N) is 1. The van der Waals surface area contributed by atoms with Crippen LogP contribution in [0, 0.1) is 0 Å². The summed E-state index contributed by atoms with van der Waals surface area (Å²) in [5.41, 5.74) is 6.54. The van der Waals surface area contributed by atoms with Gasteiger partial charge in [-0.2, -0.15) is 0 Å². The zero-order valence-corrected chi connectivity index (χ0v) is 9.04. The first kappa shape index (κ1) is 9.93.